The molecule has 0 bridgehead atoms. The number of nitrogens with one attached hydrogen (secondary N) is 1. The van der Waals surface area contributed by atoms with Crippen molar-refractivity contribution < 1.29 is 14.2 Å². The Labute approximate surface area is 77.0 Å². The van der Waals surface area contributed by atoms with Crippen LogP contribution in [0.25, 0.3) is 0 Å². The van der Waals surface area contributed by atoms with Crippen LogP contribution in [0.4, 0.5) is 4.79 Å². The maximum absolute atomic E-state index is 11.5. The van der Waals surface area contributed by atoms with Crippen molar-refractivity contribution in [2.45, 2.75) is 0 Å². The zero-order valence-corrected chi connectivity index (χ0v) is 8.07. The average molecular weight is 184 g/mol. The molecule has 1 aliphatic rings. The Bertz CT molecular complexity index is 273. The van der Waals surface area contributed by atoms with E-state index in [0.717, 1.165) is 4.90 Å². The third-order valence-corrected chi connectivity index (χ3v) is 2.06. The maximum Gasteiger partial charge on any atom is 0.499 e. The highest BCUT2D eigenvalue weighted by Crippen LogP contribution is 2.05. The number of hydrogen-bond donors (Lipinski definition) is 1. The lowest BCUT2D eigenvalue weighted by molar-refractivity contribution is -0.401. The Balaban J connectivity index is 2.89. The van der Waals surface area contributed by atoms with Gasteiger partial charge in [-0.05, 0) is 7.05 Å². The molecule has 1 rings (SSSR count). The highest BCUT2D eigenvalue weighted by molar-refractivity contribution is 6.03. The van der Waals surface area contributed by atoms with Gasteiger partial charge in [0.1, 0.15) is 5.92 Å². The van der Waals surface area contributed by atoms with Crippen LogP contribution in [0.3, 0.4) is 0 Å². The molecular formula is C8H14N3O2+. The van der Waals surface area contributed by atoms with Gasteiger partial charge in [0.15, 0.2) is 0 Å². The first-order chi connectivity index (χ1) is 6.07. The van der Waals surface area contributed by atoms with Gasteiger partial charge in [-0.15, -0.1) is 0 Å². The predicted molar refractivity (Wildman–Crippen MR) is 47.8 cm³/mol. The van der Waals surface area contributed by atoms with Crippen molar-refractivity contribution in [3.05, 3.63) is 0 Å². The summed E-state index contributed by atoms with van der Waals surface area (Å²) in [5.41, 5.74) is 0. The van der Waals surface area contributed by atoms with E-state index in [-0.39, 0.29) is 17.9 Å². The molecule has 1 heterocycles. The number of amides is 3. The van der Waals surface area contributed by atoms with Crippen molar-refractivity contribution in [2.75, 3.05) is 27.7 Å². The normalized spacial score (nSPS) is 23.5. The van der Waals surface area contributed by atoms with E-state index in [0.29, 0.717) is 6.54 Å². The van der Waals surface area contributed by atoms with Gasteiger partial charge in [0.25, 0.3) is 0 Å². The first-order valence-corrected chi connectivity index (χ1v) is 4.12. The van der Waals surface area contributed by atoms with Crippen LogP contribution in [0.2, 0.25) is 0 Å². The van der Waals surface area contributed by atoms with E-state index in [9.17, 15) is 9.59 Å². The van der Waals surface area contributed by atoms with Crippen LogP contribution in [0, 0.1) is 5.92 Å². The molecule has 5 heteroatoms. The summed E-state index contributed by atoms with van der Waals surface area (Å²) in [4.78, 5) is 23.9. The summed E-state index contributed by atoms with van der Waals surface area (Å²) in [6, 6.07) is -0.280. The minimum absolute atomic E-state index is 0.155. The van der Waals surface area contributed by atoms with Crippen molar-refractivity contribution >= 4 is 18.2 Å². The lowest BCUT2D eigenvalue weighted by Crippen LogP contribution is -2.50. The highest BCUT2D eigenvalue weighted by Gasteiger charge is 2.38. The summed E-state index contributed by atoms with van der Waals surface area (Å²) in [6.45, 7) is 0.556. The van der Waals surface area contributed by atoms with Gasteiger partial charge in [-0.25, -0.2) is 9.37 Å². The number of rotatable bonds is 2. The Kier molecular flexibility index (Phi) is 2.77. The molecule has 0 spiro atoms. The minimum Gasteiger partial charge on any atom is -0.318 e. The van der Waals surface area contributed by atoms with Crippen LogP contribution in [0.1, 0.15) is 0 Å². The fourth-order valence-corrected chi connectivity index (χ4v) is 1.34. The fourth-order valence-electron chi connectivity index (χ4n) is 1.34. The third kappa shape index (κ3) is 1.75. The summed E-state index contributed by atoms with van der Waals surface area (Å²) in [6.07, 6.45) is 1.64. The van der Waals surface area contributed by atoms with E-state index in [1.807, 2.05) is 0 Å². The Hall–Kier alpha value is -1.23. The van der Waals surface area contributed by atoms with Gasteiger partial charge < -0.3 is 5.32 Å². The smallest absolute Gasteiger partial charge is 0.318 e. The summed E-state index contributed by atoms with van der Waals surface area (Å²) in [5.74, 6) is -0.393. The number of nitrogens with zero attached hydrogens (tertiary/aromatic N) is 2. The second-order valence-electron chi connectivity index (χ2n) is 3.10. The molecule has 3 amide bonds. The average Bonchev–Trinajstić information content (AvgIpc) is 2.11. The minimum atomic E-state index is -0.280. The van der Waals surface area contributed by atoms with E-state index in [2.05, 4.69) is 5.32 Å². The summed E-state index contributed by atoms with van der Waals surface area (Å²) in [7, 11) is 4.92. The molecular weight excluding hydrogens is 170 g/mol. The number of hydrogen-bond acceptors (Lipinski definition) is 3. The van der Waals surface area contributed by atoms with Crippen molar-refractivity contribution in [3.63, 3.8) is 0 Å². The van der Waals surface area contributed by atoms with E-state index >= 15 is 0 Å². The topological polar surface area (TPSA) is 52.4 Å². The first kappa shape index (κ1) is 9.85. The lowest BCUT2D eigenvalue weighted by atomic mass is 10.1. The standard InChI is InChI=1S/C8H14N3O2/c1-9-4-6-5-10(2)8(13)11(3)7(6)12/h5-6,9H,4H2,1-3H3/q+1. The van der Waals surface area contributed by atoms with Gasteiger partial charge in [0.05, 0.1) is 20.3 Å². The lowest BCUT2D eigenvalue weighted by Gasteiger charge is -2.18. The summed E-state index contributed by atoms with van der Waals surface area (Å²) < 4.78 is 1.43. The van der Waals surface area contributed by atoms with Crippen LogP contribution < -0.4 is 5.32 Å². The van der Waals surface area contributed by atoms with Crippen molar-refractivity contribution in [2.24, 2.45) is 5.92 Å². The van der Waals surface area contributed by atoms with Gasteiger partial charge in [0, 0.05) is 6.54 Å². The molecule has 0 aliphatic carbocycles. The first-order valence-electron chi connectivity index (χ1n) is 4.12. The van der Waals surface area contributed by atoms with Crippen molar-refractivity contribution in [1.82, 2.24) is 10.2 Å². The second-order valence-corrected chi connectivity index (χ2v) is 3.10. The molecule has 1 unspecified atom stereocenters. The fraction of sp³-hybridized carbons (Fsp3) is 0.625. The molecule has 0 aromatic rings. The molecule has 1 atom stereocenters. The van der Waals surface area contributed by atoms with Crippen LogP contribution in [-0.2, 0) is 4.79 Å². The monoisotopic (exact) mass is 184 g/mol. The number of urea groups is 1. The van der Waals surface area contributed by atoms with E-state index in [1.165, 1.54) is 11.6 Å². The Morgan fingerprint density at radius 3 is 2.77 bits per heavy atom. The second kappa shape index (κ2) is 3.66. The van der Waals surface area contributed by atoms with E-state index in [1.54, 1.807) is 20.3 Å². The molecule has 0 radical (unpaired) electrons. The quantitative estimate of drug-likeness (QED) is 0.567. The molecule has 1 N–H and O–H groups in total. The predicted octanol–water partition coefficient (Wildman–Crippen LogP) is -0.873. The summed E-state index contributed by atoms with van der Waals surface area (Å²) >= 11 is 0. The van der Waals surface area contributed by atoms with Crippen LogP contribution >= 0.6 is 0 Å². The molecule has 72 valence electrons. The van der Waals surface area contributed by atoms with Gasteiger partial charge in [0.2, 0.25) is 0 Å². The molecule has 0 aromatic carbocycles. The zero-order valence-electron chi connectivity index (χ0n) is 8.07. The zero-order chi connectivity index (χ0) is 10.0. The Morgan fingerprint density at radius 2 is 2.23 bits per heavy atom. The Morgan fingerprint density at radius 1 is 1.62 bits per heavy atom. The molecule has 5 nitrogen and oxygen atoms in total. The largest absolute Gasteiger partial charge is 0.499 e. The van der Waals surface area contributed by atoms with Crippen molar-refractivity contribution in [1.29, 1.82) is 0 Å². The molecule has 0 fully saturated rings. The van der Waals surface area contributed by atoms with Crippen molar-refractivity contribution in [3.8, 4) is 0 Å². The van der Waals surface area contributed by atoms with E-state index < -0.39 is 0 Å². The number of carbonyl (C=O) groups is 2. The molecule has 1 aliphatic heterocycles. The van der Waals surface area contributed by atoms with E-state index in [4.69, 9.17) is 0 Å². The van der Waals surface area contributed by atoms with Crippen LogP contribution in [-0.4, -0.2) is 55.3 Å². The molecule has 0 saturated heterocycles. The number of imide groups is 1. The third-order valence-electron chi connectivity index (χ3n) is 2.06. The van der Waals surface area contributed by atoms with Gasteiger partial charge >= 0.3 is 11.9 Å². The number of carbonyl (C=O) groups excluding carboxylic acids is 2. The molecule has 13 heavy (non-hydrogen) atoms. The molecule has 0 aromatic heterocycles. The maximum atomic E-state index is 11.5. The van der Waals surface area contributed by atoms with Gasteiger partial charge in [-0.1, -0.05) is 0 Å². The summed E-state index contributed by atoms with van der Waals surface area (Å²) in [5, 5.41) is 2.91. The SMILES string of the molecule is CNCC1C=[N+](C)C(=O)N(C)C1=O. The van der Waals surface area contributed by atoms with Crippen LogP contribution in [0.5, 0.6) is 0 Å². The van der Waals surface area contributed by atoms with Gasteiger partial charge in [-0.2, -0.15) is 9.69 Å². The highest BCUT2D eigenvalue weighted by atomic mass is 16.2. The van der Waals surface area contributed by atoms with Crippen LogP contribution in [0.15, 0.2) is 0 Å². The molecule has 0 saturated carbocycles. The van der Waals surface area contributed by atoms with Gasteiger partial charge in [-0.3, -0.25) is 0 Å².